The van der Waals surface area contributed by atoms with Crippen LogP contribution in [0.3, 0.4) is 0 Å². The number of hydrogen-bond donors (Lipinski definition) is 6. The molecule has 0 radical (unpaired) electrons. The lowest BCUT2D eigenvalue weighted by Gasteiger charge is -2.12. The van der Waals surface area contributed by atoms with Gasteiger partial charge in [-0.2, -0.15) is 65.9 Å². The Labute approximate surface area is 819 Å². The predicted octanol–water partition coefficient (Wildman–Crippen LogP) is 28.6. The van der Waals surface area contributed by atoms with E-state index in [1.165, 1.54) is 36.4 Å². The van der Waals surface area contributed by atoms with Gasteiger partial charge in [0.25, 0.3) is 33.4 Å². The third kappa shape index (κ3) is 23.4. The summed E-state index contributed by atoms with van der Waals surface area (Å²) in [6, 6.07) is 61.5. The summed E-state index contributed by atoms with van der Waals surface area (Å²) in [4.78, 5) is 113. The monoisotopic (exact) mass is 2350 g/mol. The molecule has 0 unspecified atom stereocenters. The Bertz CT molecular complexity index is 7980. The minimum absolute atomic E-state index is 0.0161. The van der Waals surface area contributed by atoms with Gasteiger partial charge in [0, 0.05) is 64.7 Å². The van der Waals surface area contributed by atoms with Gasteiger partial charge in [0.1, 0.15) is 46.3 Å². The third-order valence-corrected chi connectivity index (χ3v) is 23.8. The molecule has 6 heterocycles. The lowest BCUT2D eigenvalue weighted by Crippen LogP contribution is -2.14. The van der Waals surface area contributed by atoms with E-state index in [4.69, 9.17) is 23.2 Å². The molecule has 19 aromatic rings. The maximum atomic E-state index is 13.8. The number of rotatable bonds is 6. The molecule has 136 heavy (non-hydrogen) atoms. The van der Waals surface area contributed by atoms with Crippen LogP contribution in [-0.2, 0) is 30.9 Å². The van der Waals surface area contributed by atoms with Crippen LogP contribution in [0.1, 0.15) is 27.8 Å². The molecule has 0 aliphatic rings. The van der Waals surface area contributed by atoms with Crippen LogP contribution >= 0.6 is 135 Å². The summed E-state index contributed by atoms with van der Waals surface area (Å²) in [5, 5.41) is 4.42. The number of H-pyrrole nitrogens is 6. The second-order valence-electron chi connectivity index (χ2n) is 28.8. The van der Waals surface area contributed by atoms with Crippen molar-refractivity contribution in [2.45, 2.75) is 30.9 Å². The number of halogens is 25. The molecule has 0 saturated heterocycles. The Morgan fingerprint density at radius 3 is 0.875 bits per heavy atom. The smallest absolute Gasteiger partial charge is 0.306 e. The molecule has 6 N–H and O–H groups in total. The largest absolute Gasteiger partial charge is 0.418 e. The summed E-state index contributed by atoms with van der Waals surface area (Å²) < 4.78 is 211. The first kappa shape index (κ1) is 99.7. The van der Waals surface area contributed by atoms with Crippen LogP contribution in [0.4, 0.5) is 70.2 Å². The fourth-order valence-corrected chi connectivity index (χ4v) is 17.1. The van der Waals surface area contributed by atoms with E-state index in [2.05, 4.69) is 177 Å². The molecule has 0 fully saturated rings. The molecule has 0 bridgehead atoms. The lowest BCUT2D eigenvalue weighted by molar-refractivity contribution is -0.138. The van der Waals surface area contributed by atoms with Crippen LogP contribution in [0.2, 0.25) is 10.0 Å². The second-order valence-corrected chi connectivity index (χ2v) is 35.9. The van der Waals surface area contributed by atoms with Gasteiger partial charge in [0.2, 0.25) is 0 Å². The normalized spacial score (nSPS) is 11.7. The number of para-hydroxylation sites is 6. The Balaban J connectivity index is 0.000000131. The number of fused-ring (bicyclic) bond motifs is 7. The maximum absolute atomic E-state index is 13.8. The van der Waals surface area contributed by atoms with Gasteiger partial charge >= 0.3 is 30.9 Å². The van der Waals surface area contributed by atoms with Crippen LogP contribution in [0, 0.1) is 5.82 Å². The van der Waals surface area contributed by atoms with E-state index in [9.17, 15) is 99.0 Å². The highest BCUT2D eigenvalue weighted by Gasteiger charge is 2.37. The van der Waals surface area contributed by atoms with Crippen LogP contribution in [0.25, 0.3) is 145 Å². The molecule has 43 heteroatoms. The van der Waals surface area contributed by atoms with Gasteiger partial charge in [-0.1, -0.05) is 188 Å². The van der Waals surface area contributed by atoms with Crippen LogP contribution < -0.4 is 33.4 Å². The zero-order chi connectivity index (χ0) is 98.1. The van der Waals surface area contributed by atoms with Crippen LogP contribution in [0.15, 0.2) is 309 Å². The maximum Gasteiger partial charge on any atom is 0.418 e. The first-order valence-electron chi connectivity index (χ1n) is 38.4. The molecule has 0 aliphatic carbocycles. The number of nitrogens with one attached hydrogen (secondary N) is 6. The standard InChI is InChI=1S/C18H11BrN2O.C16H7BrF6N2O.C15H7Br2F3N2O.C15H7BrClF3N2O.C15H7BrF4N2O.C14H8BrClN2O/c19-15-7-3-6-14-16(15)20-17(21-18(14)22)13-9-8-11-4-1-2-5-12(11)10-13;17-9-5-7(4-8(6-9)15(18,19)20)13-24-12-10(14(26)25-13)2-1-3-11(12)16(21,22)23;3*16-9-5-7(4-8(6-9)15(18,19)20)13-21-12-10(14(23)22-13)2-1-3-11(12)17;15-9-4-1-3-8(7-9)13-17-12-10(14(19)18-13)5-2-6-11(12)16/h1-10H,(H,20,21,22);1-6H,(H,24,25,26);3*1-6H,(H,21,22,23);1-7H,(H,17,18,19). The van der Waals surface area contributed by atoms with Crippen molar-refractivity contribution in [2.75, 3.05) is 0 Å². The van der Waals surface area contributed by atoms with Gasteiger partial charge in [-0.25, -0.2) is 34.3 Å². The SMILES string of the molecule is O=c1[nH]c(-c2cc(Br)cc(C(F)(F)F)c2)nc2c(Br)cccc12.O=c1[nH]c(-c2cc(Br)cc(C(F)(F)F)c2)nc2c(C(F)(F)F)cccc12.O=c1[nH]c(-c2cc(Br)cc(C(F)(F)F)c2)nc2c(Cl)cccc12.O=c1[nH]c(-c2cc(Br)cc(C(F)(F)F)c2)nc2c(F)cccc12.O=c1[nH]c(-c2ccc3ccccc3c2)nc2c(Br)cccc12.O=c1[nH]c(-c2cccc(Br)c2)nc2c(Cl)cccc12. The van der Waals surface area contributed by atoms with Crippen molar-refractivity contribution in [2.24, 2.45) is 0 Å². The van der Waals surface area contributed by atoms with Crippen LogP contribution in [-0.4, -0.2) is 59.8 Å². The topological polar surface area (TPSA) is 274 Å². The van der Waals surface area contributed by atoms with Gasteiger partial charge in [-0.05, 0) is 206 Å². The molecule has 690 valence electrons. The van der Waals surface area contributed by atoms with E-state index in [-0.39, 0.29) is 101 Å². The summed E-state index contributed by atoms with van der Waals surface area (Å²) in [5.41, 5.74) is -4.61. The van der Waals surface area contributed by atoms with Crippen molar-refractivity contribution < 1.29 is 70.2 Å². The fraction of sp³-hybridized carbons (Fsp3) is 0.0538. The summed E-state index contributed by atoms with van der Waals surface area (Å²) in [7, 11) is 0. The van der Waals surface area contributed by atoms with E-state index in [1.807, 2.05) is 72.8 Å². The van der Waals surface area contributed by atoms with Gasteiger partial charge < -0.3 is 29.9 Å². The van der Waals surface area contributed by atoms with Crippen molar-refractivity contribution in [3.63, 3.8) is 0 Å². The number of aromatic nitrogens is 12. The number of aromatic amines is 6. The Morgan fingerprint density at radius 1 is 0.235 bits per heavy atom. The summed E-state index contributed by atoms with van der Waals surface area (Å²) in [6.07, 6.45) is -23.0. The van der Waals surface area contributed by atoms with Crippen molar-refractivity contribution in [3.05, 3.63) is 386 Å². The van der Waals surface area contributed by atoms with Crippen molar-refractivity contribution in [1.82, 2.24) is 59.8 Å². The average Bonchev–Trinajstić information content (AvgIpc) is 0.674. The van der Waals surface area contributed by atoms with Crippen molar-refractivity contribution in [1.29, 1.82) is 0 Å². The Kier molecular flexibility index (Phi) is 29.8. The van der Waals surface area contributed by atoms with Gasteiger partial charge in [-0.15, -0.1) is 0 Å². The molecule has 13 aromatic carbocycles. The number of nitrogens with zero attached hydrogens (tertiary/aromatic N) is 6. The van der Waals surface area contributed by atoms with Gasteiger partial charge in [-0.3, -0.25) is 28.8 Å². The summed E-state index contributed by atoms with van der Waals surface area (Å²) in [5.74, 6) is -0.0862. The molecule has 6 aromatic heterocycles. The van der Waals surface area contributed by atoms with Crippen LogP contribution in [0.5, 0.6) is 0 Å². The van der Waals surface area contributed by atoms with E-state index in [0.717, 1.165) is 97.6 Å². The van der Waals surface area contributed by atoms with E-state index in [1.54, 1.807) is 60.7 Å². The summed E-state index contributed by atoms with van der Waals surface area (Å²) >= 11 is 34.3. The molecule has 18 nitrogen and oxygen atoms in total. The van der Waals surface area contributed by atoms with E-state index < -0.39 is 98.1 Å². The third-order valence-electron chi connectivity index (χ3n) is 19.6. The molecular formula is C93H47Br7Cl2F16N12O6. The molecular weight excluding hydrogens is 2320 g/mol. The predicted molar refractivity (Wildman–Crippen MR) is 513 cm³/mol. The first-order chi connectivity index (χ1) is 64.1. The quantitative estimate of drug-likeness (QED) is 0.0848. The molecule has 0 aliphatic heterocycles. The minimum atomic E-state index is -4.77. The minimum Gasteiger partial charge on any atom is -0.306 e. The Morgan fingerprint density at radius 2 is 0.515 bits per heavy atom. The molecule has 0 amide bonds. The second kappa shape index (κ2) is 40.6. The molecule has 19 rings (SSSR count). The highest BCUT2D eigenvalue weighted by molar-refractivity contribution is 9.11. The zero-order valence-electron chi connectivity index (χ0n) is 67.3. The fourth-order valence-electron chi connectivity index (χ4n) is 13.4. The van der Waals surface area contributed by atoms with Gasteiger partial charge in [0.15, 0.2) is 0 Å². The highest BCUT2D eigenvalue weighted by atomic mass is 79.9. The van der Waals surface area contributed by atoms with E-state index >= 15 is 0 Å². The molecule has 0 atom stereocenters. The van der Waals surface area contributed by atoms with E-state index in [0.29, 0.717) is 59.9 Å². The number of benzene rings is 13. The molecule has 0 saturated carbocycles. The first-order valence-corrected chi connectivity index (χ1v) is 44.7. The molecule has 0 spiro atoms. The Hall–Kier alpha value is -12.2. The lowest BCUT2D eigenvalue weighted by atomic mass is 10.1. The van der Waals surface area contributed by atoms with Crippen molar-refractivity contribution >= 4 is 211 Å². The summed E-state index contributed by atoms with van der Waals surface area (Å²) in [6.45, 7) is 0. The number of hydrogen-bond acceptors (Lipinski definition) is 12. The van der Waals surface area contributed by atoms with Gasteiger partial charge in [0.05, 0.1) is 97.8 Å². The zero-order valence-corrected chi connectivity index (χ0v) is 79.9. The average molecular weight is 2360 g/mol. The van der Waals surface area contributed by atoms with Crippen molar-refractivity contribution in [3.8, 4) is 68.3 Å². The number of alkyl halides is 15. The highest BCUT2D eigenvalue weighted by Crippen LogP contribution is 2.42.